The minimum Gasteiger partial charge on any atom is -0.350 e. The van der Waals surface area contributed by atoms with E-state index in [4.69, 9.17) is 27.3 Å². The zero-order valence-corrected chi connectivity index (χ0v) is 16.7. The van der Waals surface area contributed by atoms with Crippen molar-refractivity contribution in [2.75, 3.05) is 13.1 Å². The van der Waals surface area contributed by atoms with Gasteiger partial charge in [-0.1, -0.05) is 11.6 Å². The topological polar surface area (TPSA) is 58.1 Å². The smallest absolute Gasteiger partial charge is 0.253 e. The molecule has 0 spiro atoms. The summed E-state index contributed by atoms with van der Waals surface area (Å²) in [4.78, 5) is 22.3. The third-order valence-electron chi connectivity index (χ3n) is 4.86. The lowest BCUT2D eigenvalue weighted by molar-refractivity contribution is 0.0252. The number of halogens is 3. The van der Waals surface area contributed by atoms with E-state index in [0.717, 1.165) is 11.6 Å². The van der Waals surface area contributed by atoms with Crippen molar-refractivity contribution in [2.24, 2.45) is 0 Å². The lowest BCUT2D eigenvalue weighted by Gasteiger charge is -2.49. The van der Waals surface area contributed by atoms with Crippen molar-refractivity contribution >= 4 is 33.2 Å². The zero-order chi connectivity index (χ0) is 21.2. The van der Waals surface area contributed by atoms with E-state index in [1.54, 1.807) is 12.4 Å². The molecule has 4 radical (unpaired) electrons. The quantitative estimate of drug-likeness (QED) is 0.763. The monoisotopic (exact) mass is 414 g/mol. The van der Waals surface area contributed by atoms with Crippen molar-refractivity contribution in [3.63, 3.8) is 0 Å². The van der Waals surface area contributed by atoms with Crippen molar-refractivity contribution in [1.82, 2.24) is 20.2 Å². The average Bonchev–Trinajstić information content (AvgIpc) is 2.64. The first kappa shape index (κ1) is 21.7. The van der Waals surface area contributed by atoms with E-state index in [0.29, 0.717) is 12.4 Å². The SMILES string of the molecule is [B]C1([B])CC(F)(CNCc2ncc(C)cn2)CCN1C(=O)c1ccc(F)c(Cl)c1. The Bertz CT molecular complexity index is 900. The standard InChI is InChI=1S/C19H19B2ClF2N4O/c1-12-7-26-16(27-8-12)9-25-11-18(24)4-5-28(19(20,21)10-18)17(29)13-2-3-15(23)14(22)6-13/h2-3,6-8,25H,4-5,9-11H2,1H3. The molecule has 0 bridgehead atoms. The molecule has 1 N–H and O–H groups in total. The molecule has 5 nitrogen and oxygen atoms in total. The zero-order valence-electron chi connectivity index (χ0n) is 16.0. The summed E-state index contributed by atoms with van der Waals surface area (Å²) in [6, 6.07) is 3.58. The van der Waals surface area contributed by atoms with Crippen molar-refractivity contribution in [3.8, 4) is 0 Å². The predicted molar refractivity (Wildman–Crippen MR) is 108 cm³/mol. The highest BCUT2D eigenvalue weighted by atomic mass is 35.5. The summed E-state index contributed by atoms with van der Waals surface area (Å²) in [6.45, 7) is 2.18. The van der Waals surface area contributed by atoms with Gasteiger partial charge in [-0.2, -0.15) is 0 Å². The van der Waals surface area contributed by atoms with Gasteiger partial charge >= 0.3 is 0 Å². The van der Waals surface area contributed by atoms with Gasteiger partial charge < -0.3 is 10.2 Å². The molecule has 10 heteroatoms. The number of benzene rings is 1. The van der Waals surface area contributed by atoms with E-state index >= 15 is 4.39 Å². The molecule has 1 aliphatic rings. The number of likely N-dealkylation sites (tertiary alicyclic amines) is 1. The van der Waals surface area contributed by atoms with Crippen LogP contribution < -0.4 is 5.32 Å². The van der Waals surface area contributed by atoms with Gasteiger partial charge in [0.1, 0.15) is 17.3 Å². The summed E-state index contributed by atoms with van der Waals surface area (Å²) in [6.07, 6.45) is 3.16. The fourth-order valence-corrected chi connectivity index (χ4v) is 3.53. The molecule has 1 amide bonds. The second kappa shape index (κ2) is 8.40. The van der Waals surface area contributed by atoms with Crippen LogP contribution in [0.25, 0.3) is 0 Å². The molecule has 1 fully saturated rings. The maximum atomic E-state index is 15.3. The van der Waals surface area contributed by atoms with E-state index in [1.807, 2.05) is 6.92 Å². The minimum absolute atomic E-state index is 0.00913. The van der Waals surface area contributed by atoms with Crippen LogP contribution in [-0.2, 0) is 6.54 Å². The lowest BCUT2D eigenvalue weighted by atomic mass is 9.54. The number of piperidine rings is 1. The molecule has 1 aromatic carbocycles. The Morgan fingerprint density at radius 3 is 2.66 bits per heavy atom. The van der Waals surface area contributed by atoms with Gasteiger partial charge in [-0.15, -0.1) is 0 Å². The number of nitrogens with zero attached hydrogens (tertiary/aromatic N) is 3. The summed E-state index contributed by atoms with van der Waals surface area (Å²) in [7, 11) is 12.2. The fourth-order valence-electron chi connectivity index (χ4n) is 3.35. The van der Waals surface area contributed by atoms with Crippen molar-refractivity contribution in [1.29, 1.82) is 0 Å². The molecule has 0 saturated carbocycles. The predicted octanol–water partition coefficient (Wildman–Crippen LogP) is 2.30. The molecule has 1 atom stereocenters. The third kappa shape index (κ3) is 5.14. The van der Waals surface area contributed by atoms with Crippen molar-refractivity contribution in [2.45, 2.75) is 37.3 Å². The molecule has 3 rings (SSSR count). The number of aryl methyl sites for hydroxylation is 1. The maximum absolute atomic E-state index is 15.3. The molecule has 148 valence electrons. The summed E-state index contributed by atoms with van der Waals surface area (Å²) in [5, 5.41) is 1.10. The van der Waals surface area contributed by atoms with E-state index in [2.05, 4.69) is 15.3 Å². The third-order valence-corrected chi connectivity index (χ3v) is 5.15. The molecular formula is C19H19B2ClF2N4O. The number of carbonyl (C=O) groups excluding carboxylic acids is 1. The Labute approximate surface area is 176 Å². The Morgan fingerprint density at radius 2 is 2.03 bits per heavy atom. The summed E-state index contributed by atoms with van der Waals surface area (Å²) in [5.41, 5.74) is -0.630. The number of amides is 1. The van der Waals surface area contributed by atoms with Crippen LogP contribution in [0.1, 0.15) is 34.6 Å². The van der Waals surface area contributed by atoms with Gasteiger partial charge in [0.2, 0.25) is 0 Å². The van der Waals surface area contributed by atoms with Crippen LogP contribution in [0.5, 0.6) is 0 Å². The molecule has 1 unspecified atom stereocenters. The molecule has 1 saturated heterocycles. The van der Waals surface area contributed by atoms with Crippen molar-refractivity contribution < 1.29 is 13.6 Å². The maximum Gasteiger partial charge on any atom is 0.253 e. The normalized spacial score (nSPS) is 21.2. The number of nitrogens with one attached hydrogen (secondary N) is 1. The van der Waals surface area contributed by atoms with Crippen LogP contribution in [0, 0.1) is 12.7 Å². The van der Waals surface area contributed by atoms with Gasteiger partial charge in [0.15, 0.2) is 0 Å². The van der Waals surface area contributed by atoms with Gasteiger partial charge in [0.05, 0.1) is 27.3 Å². The molecule has 1 aromatic heterocycles. The molecule has 1 aliphatic heterocycles. The van der Waals surface area contributed by atoms with Crippen molar-refractivity contribution in [3.05, 3.63) is 58.4 Å². The number of carbonyl (C=O) groups is 1. The van der Waals surface area contributed by atoms with Crippen LogP contribution >= 0.6 is 11.6 Å². The number of aromatic nitrogens is 2. The Balaban J connectivity index is 1.62. The molecule has 29 heavy (non-hydrogen) atoms. The molecule has 2 heterocycles. The summed E-state index contributed by atoms with van der Waals surface area (Å²) < 4.78 is 28.7. The van der Waals surface area contributed by atoms with E-state index in [9.17, 15) is 9.18 Å². The van der Waals surface area contributed by atoms with Crippen LogP contribution in [0.2, 0.25) is 5.02 Å². The molecular weight excluding hydrogens is 395 g/mol. The highest BCUT2D eigenvalue weighted by Crippen LogP contribution is 2.35. The highest BCUT2D eigenvalue weighted by molar-refractivity contribution is 6.41. The number of rotatable bonds is 5. The van der Waals surface area contributed by atoms with E-state index < -0.39 is 22.7 Å². The first-order valence-corrected chi connectivity index (χ1v) is 9.49. The highest BCUT2D eigenvalue weighted by Gasteiger charge is 2.45. The summed E-state index contributed by atoms with van der Waals surface area (Å²) in [5.74, 6) is -0.619. The number of hydrogen-bond acceptors (Lipinski definition) is 4. The first-order valence-electron chi connectivity index (χ1n) is 9.12. The average molecular weight is 414 g/mol. The van der Waals surface area contributed by atoms with Crippen LogP contribution in [0.15, 0.2) is 30.6 Å². The Kier molecular flexibility index (Phi) is 6.29. The van der Waals surface area contributed by atoms with Gasteiger partial charge in [-0.05, 0) is 42.4 Å². The minimum atomic E-state index is -1.70. The van der Waals surface area contributed by atoms with Gasteiger partial charge in [-0.3, -0.25) is 4.79 Å². The Morgan fingerprint density at radius 1 is 1.34 bits per heavy atom. The first-order chi connectivity index (χ1) is 13.6. The Hall–Kier alpha value is -1.99. The molecule has 2 aromatic rings. The van der Waals surface area contributed by atoms with Crippen LogP contribution in [0.3, 0.4) is 0 Å². The number of alkyl halides is 1. The van der Waals surface area contributed by atoms with E-state index in [-0.39, 0.29) is 36.5 Å². The largest absolute Gasteiger partial charge is 0.350 e. The summed E-state index contributed by atoms with van der Waals surface area (Å²) >= 11 is 5.74. The van der Waals surface area contributed by atoms with Crippen LogP contribution in [-0.4, -0.2) is 60.6 Å². The van der Waals surface area contributed by atoms with Gasteiger partial charge in [-0.25, -0.2) is 18.7 Å². The fraction of sp³-hybridized carbons (Fsp3) is 0.421. The molecule has 0 aliphatic carbocycles. The van der Waals surface area contributed by atoms with Gasteiger partial charge in [0.25, 0.3) is 5.91 Å². The van der Waals surface area contributed by atoms with Crippen LogP contribution in [0.4, 0.5) is 8.78 Å². The van der Waals surface area contributed by atoms with E-state index in [1.165, 1.54) is 17.0 Å². The lowest BCUT2D eigenvalue weighted by Crippen LogP contribution is -2.62. The second-order valence-electron chi connectivity index (χ2n) is 7.43. The number of hydrogen-bond donors (Lipinski definition) is 1. The second-order valence-corrected chi connectivity index (χ2v) is 7.84. The van der Waals surface area contributed by atoms with Gasteiger partial charge in [0, 0.05) is 37.5 Å².